The molecule has 0 aromatic carbocycles. The molecule has 1 fully saturated rings. The number of piperidine rings is 1. The van der Waals surface area contributed by atoms with E-state index < -0.39 is 5.91 Å². The third kappa shape index (κ3) is 4.60. The third-order valence-corrected chi connectivity index (χ3v) is 6.56. The summed E-state index contributed by atoms with van der Waals surface area (Å²) < 4.78 is 6.76. The maximum absolute atomic E-state index is 12.9. The Morgan fingerprint density at radius 1 is 1.42 bits per heavy atom. The average Bonchev–Trinajstić information content (AvgIpc) is 3.47. The number of carbonyl (C=O) groups is 1. The summed E-state index contributed by atoms with van der Waals surface area (Å²) in [5, 5.41) is 19.8. The molecule has 4 rings (SSSR count). The van der Waals surface area contributed by atoms with Crippen LogP contribution in [0, 0.1) is 0 Å². The van der Waals surface area contributed by atoms with Crippen molar-refractivity contribution >= 4 is 40.4 Å². The van der Waals surface area contributed by atoms with Crippen LogP contribution in [-0.2, 0) is 6.54 Å². The van der Waals surface area contributed by atoms with Gasteiger partial charge in [-0.05, 0) is 55.7 Å². The van der Waals surface area contributed by atoms with Crippen molar-refractivity contribution in [1.29, 1.82) is 0 Å². The minimum Gasteiger partial charge on any atom is -0.378 e. The molecule has 0 spiro atoms. The van der Waals surface area contributed by atoms with Crippen LogP contribution in [0.5, 0.6) is 0 Å². The Morgan fingerprint density at radius 3 is 2.94 bits per heavy atom. The summed E-state index contributed by atoms with van der Waals surface area (Å²) in [6.07, 6.45) is 3.36. The smallest absolute Gasteiger partial charge is 0.293 e. The Bertz CT molecular complexity index is 1110. The van der Waals surface area contributed by atoms with Crippen LogP contribution in [0.2, 0.25) is 4.34 Å². The summed E-state index contributed by atoms with van der Waals surface area (Å²) >= 11 is 7.35. The lowest BCUT2D eigenvalue weighted by Crippen LogP contribution is -2.38. The highest BCUT2D eigenvalue weighted by atomic mass is 35.5. The summed E-state index contributed by atoms with van der Waals surface area (Å²) in [6.45, 7) is 5.32. The molecule has 3 N–H and O–H groups in total. The number of nitrogens with zero attached hydrogens (tertiary/aromatic N) is 7. The summed E-state index contributed by atoms with van der Waals surface area (Å²) in [5.74, 6) is -0.227. The molecule has 1 aliphatic heterocycles. The molecule has 0 unspecified atom stereocenters. The zero-order valence-electron chi connectivity index (χ0n) is 17.1. The number of halogens is 1. The molecule has 164 valence electrons. The number of hydrogen-bond acceptors (Lipinski definition) is 10. The van der Waals surface area contributed by atoms with E-state index in [0.717, 1.165) is 24.3 Å². The van der Waals surface area contributed by atoms with Crippen molar-refractivity contribution in [2.24, 2.45) is 5.10 Å². The zero-order chi connectivity index (χ0) is 22.0. The van der Waals surface area contributed by atoms with Gasteiger partial charge in [-0.15, -0.1) is 16.4 Å². The first-order chi connectivity index (χ1) is 14.9. The molecule has 1 saturated heterocycles. The summed E-state index contributed by atoms with van der Waals surface area (Å²) in [6, 6.07) is 3.99. The molecular formula is C18H22ClN9O2S. The van der Waals surface area contributed by atoms with Crippen LogP contribution in [-0.4, -0.2) is 54.4 Å². The first-order valence-corrected chi connectivity index (χ1v) is 11.0. The van der Waals surface area contributed by atoms with Crippen LogP contribution in [0.4, 0.5) is 5.82 Å². The normalized spacial score (nSPS) is 17.8. The standard InChI is InChI=1S/C18H22ClN9O2S/c1-10-5-3-4-8-27(10)9-12-15(22-26-28(12)17-16(20)24-30-25-17)18(29)23-21-11(2)13-6-7-14(19)31-13/h6-7,10H,3-5,8-9H2,1-2H3,(H2,20,24)(H,23,29)/b21-11+/t10-/m1/s1. The van der Waals surface area contributed by atoms with Crippen molar-refractivity contribution in [3.63, 3.8) is 0 Å². The number of rotatable bonds is 6. The molecule has 1 amide bonds. The highest BCUT2D eigenvalue weighted by Crippen LogP contribution is 2.23. The number of amides is 1. The predicted octanol–water partition coefficient (Wildman–Crippen LogP) is 2.48. The minimum absolute atomic E-state index is 0.0632. The van der Waals surface area contributed by atoms with E-state index in [1.807, 2.05) is 6.07 Å². The van der Waals surface area contributed by atoms with Gasteiger partial charge in [-0.1, -0.05) is 23.2 Å². The van der Waals surface area contributed by atoms with Crippen molar-refractivity contribution in [3.05, 3.63) is 32.7 Å². The van der Waals surface area contributed by atoms with Gasteiger partial charge in [0.25, 0.3) is 5.91 Å². The molecule has 1 aliphatic rings. The molecular weight excluding hydrogens is 442 g/mol. The second-order valence-electron chi connectivity index (χ2n) is 7.33. The fraction of sp³-hybridized carbons (Fsp3) is 0.444. The maximum Gasteiger partial charge on any atom is 0.293 e. The number of nitrogen functional groups attached to an aromatic ring is 1. The van der Waals surface area contributed by atoms with Crippen LogP contribution in [0.15, 0.2) is 21.9 Å². The van der Waals surface area contributed by atoms with Gasteiger partial charge < -0.3 is 5.73 Å². The number of nitrogens with two attached hydrogens (primary N) is 1. The first kappa shape index (κ1) is 21.4. The van der Waals surface area contributed by atoms with E-state index in [0.29, 0.717) is 28.3 Å². The lowest BCUT2D eigenvalue weighted by Gasteiger charge is -2.33. The van der Waals surface area contributed by atoms with E-state index in [2.05, 4.69) is 43.0 Å². The Kier molecular flexibility index (Phi) is 6.30. The van der Waals surface area contributed by atoms with Crippen molar-refractivity contribution < 1.29 is 9.42 Å². The number of hydrazone groups is 1. The molecule has 3 aromatic heterocycles. The monoisotopic (exact) mass is 463 g/mol. The topological polar surface area (TPSA) is 140 Å². The van der Waals surface area contributed by atoms with Crippen molar-refractivity contribution in [3.8, 4) is 5.82 Å². The fourth-order valence-corrected chi connectivity index (χ4v) is 4.45. The van der Waals surface area contributed by atoms with Crippen molar-refractivity contribution in [1.82, 2.24) is 35.6 Å². The van der Waals surface area contributed by atoms with E-state index in [1.54, 1.807) is 13.0 Å². The van der Waals surface area contributed by atoms with Gasteiger partial charge in [-0.25, -0.2) is 10.1 Å². The van der Waals surface area contributed by atoms with Gasteiger partial charge in [0.05, 0.1) is 20.6 Å². The number of aromatic nitrogens is 5. The second kappa shape index (κ2) is 9.12. The van der Waals surface area contributed by atoms with E-state index >= 15 is 0 Å². The molecule has 0 saturated carbocycles. The Hall–Kier alpha value is -2.83. The largest absolute Gasteiger partial charge is 0.378 e. The number of nitrogens with one attached hydrogen (secondary N) is 1. The molecule has 3 aromatic rings. The lowest BCUT2D eigenvalue weighted by molar-refractivity contribution is 0.0944. The SMILES string of the molecule is C/C(=N\NC(=O)c1nnn(-c2nonc2N)c1CN1CCCC[C@H]1C)c1ccc(Cl)s1. The van der Waals surface area contributed by atoms with Gasteiger partial charge in [0.15, 0.2) is 5.69 Å². The van der Waals surface area contributed by atoms with Gasteiger partial charge in [0.1, 0.15) is 0 Å². The number of hydrogen-bond donors (Lipinski definition) is 2. The molecule has 13 heteroatoms. The average molecular weight is 464 g/mol. The van der Waals surface area contributed by atoms with E-state index in [1.165, 1.54) is 22.4 Å². The molecule has 0 radical (unpaired) electrons. The van der Waals surface area contributed by atoms with E-state index in [9.17, 15) is 4.79 Å². The summed E-state index contributed by atoms with van der Waals surface area (Å²) in [4.78, 5) is 16.1. The third-order valence-electron chi connectivity index (χ3n) is 5.22. The first-order valence-electron chi connectivity index (χ1n) is 9.81. The van der Waals surface area contributed by atoms with E-state index in [4.69, 9.17) is 22.0 Å². The maximum atomic E-state index is 12.9. The minimum atomic E-state index is -0.483. The van der Waals surface area contributed by atoms with Crippen LogP contribution in [0.3, 0.4) is 0 Å². The molecule has 31 heavy (non-hydrogen) atoms. The molecule has 1 atom stereocenters. The molecule has 4 heterocycles. The quantitative estimate of drug-likeness (QED) is 0.419. The van der Waals surface area contributed by atoms with Gasteiger partial charge in [-0.2, -0.15) is 9.78 Å². The number of thiophene rings is 1. The Balaban J connectivity index is 1.62. The number of carbonyl (C=O) groups excluding carboxylic acids is 1. The second-order valence-corrected chi connectivity index (χ2v) is 9.04. The Morgan fingerprint density at radius 2 is 2.26 bits per heavy atom. The Labute approximate surface area is 187 Å². The van der Waals surface area contributed by atoms with Crippen molar-refractivity contribution in [2.75, 3.05) is 12.3 Å². The van der Waals surface area contributed by atoms with Crippen LogP contribution in [0.1, 0.15) is 54.2 Å². The van der Waals surface area contributed by atoms with Gasteiger partial charge in [-0.3, -0.25) is 9.69 Å². The highest BCUT2D eigenvalue weighted by Gasteiger charge is 2.28. The van der Waals surface area contributed by atoms with E-state index in [-0.39, 0.29) is 17.3 Å². The molecule has 11 nitrogen and oxygen atoms in total. The fourth-order valence-electron chi connectivity index (χ4n) is 3.46. The van der Waals surface area contributed by atoms with Gasteiger partial charge in [0.2, 0.25) is 11.6 Å². The zero-order valence-corrected chi connectivity index (χ0v) is 18.7. The van der Waals surface area contributed by atoms with Crippen LogP contribution in [0.25, 0.3) is 5.82 Å². The number of likely N-dealkylation sites (tertiary alicyclic amines) is 1. The predicted molar refractivity (Wildman–Crippen MR) is 116 cm³/mol. The molecule has 0 aliphatic carbocycles. The molecule has 0 bridgehead atoms. The van der Waals surface area contributed by atoms with Crippen LogP contribution >= 0.6 is 22.9 Å². The summed E-state index contributed by atoms with van der Waals surface area (Å²) in [7, 11) is 0. The lowest BCUT2D eigenvalue weighted by atomic mass is 10.0. The van der Waals surface area contributed by atoms with Gasteiger partial charge in [0, 0.05) is 12.6 Å². The summed E-state index contributed by atoms with van der Waals surface area (Å²) in [5.41, 5.74) is 9.72. The van der Waals surface area contributed by atoms with Crippen molar-refractivity contribution in [2.45, 2.75) is 45.7 Å². The van der Waals surface area contributed by atoms with Gasteiger partial charge >= 0.3 is 0 Å². The number of anilines is 1. The highest BCUT2D eigenvalue weighted by molar-refractivity contribution is 7.18. The van der Waals surface area contributed by atoms with Crippen LogP contribution < -0.4 is 11.2 Å².